The van der Waals surface area contributed by atoms with E-state index in [1.165, 1.54) is 22.7 Å². The summed E-state index contributed by atoms with van der Waals surface area (Å²) in [6.45, 7) is 0.715. The summed E-state index contributed by atoms with van der Waals surface area (Å²) in [5.74, 6) is -0.690. The molecule has 2 aromatic heterocycles. The van der Waals surface area contributed by atoms with Crippen LogP contribution in [0.2, 0.25) is 0 Å². The molecule has 4 rings (SSSR count). The van der Waals surface area contributed by atoms with Crippen molar-refractivity contribution in [3.63, 3.8) is 0 Å². The van der Waals surface area contributed by atoms with Crippen LogP contribution in [0.1, 0.15) is 12.8 Å². The number of rotatable bonds is 9. The lowest BCUT2D eigenvalue weighted by molar-refractivity contribution is -0.654. The number of fused-ring (bicyclic) bond motifs is 2. The van der Waals surface area contributed by atoms with Crippen LogP contribution in [0.15, 0.2) is 53.5 Å². The van der Waals surface area contributed by atoms with E-state index in [1.54, 1.807) is 0 Å². The van der Waals surface area contributed by atoms with Gasteiger partial charge in [0, 0.05) is 18.0 Å². The minimum Gasteiger partial charge on any atom is -0.295 e. The van der Waals surface area contributed by atoms with E-state index < -0.39 is 20.2 Å². The van der Waals surface area contributed by atoms with Gasteiger partial charge in [0.25, 0.3) is 20.2 Å². The van der Waals surface area contributed by atoms with Crippen molar-refractivity contribution in [1.29, 1.82) is 0 Å². The fourth-order valence-corrected chi connectivity index (χ4v) is 6.70. The average Bonchev–Trinajstić information content (AvgIpc) is 3.25. The number of benzene rings is 2. The van der Waals surface area contributed by atoms with E-state index in [9.17, 15) is 16.8 Å². The van der Waals surface area contributed by atoms with Crippen molar-refractivity contribution in [1.82, 2.24) is 4.57 Å². The minimum atomic E-state index is -4.06. The van der Waals surface area contributed by atoms with Crippen molar-refractivity contribution >= 4 is 68.5 Å². The molecule has 0 aliphatic carbocycles. The van der Waals surface area contributed by atoms with Crippen LogP contribution in [0.5, 0.6) is 0 Å². The molecule has 0 bridgehead atoms. The molecule has 0 unspecified atom stereocenters. The highest BCUT2D eigenvalue weighted by atomic mass is 32.2. The number of para-hydroxylation sites is 2. The molecule has 4 aromatic rings. The highest BCUT2D eigenvalue weighted by Gasteiger charge is 2.21. The van der Waals surface area contributed by atoms with Gasteiger partial charge in [0.05, 0.1) is 33.0 Å². The van der Waals surface area contributed by atoms with Gasteiger partial charge in [-0.05, 0) is 42.0 Å². The monoisotopic (exact) mass is 528 g/mol. The average molecular weight is 529 g/mol. The van der Waals surface area contributed by atoms with Gasteiger partial charge >= 0.3 is 9.93 Å². The van der Waals surface area contributed by atoms with Crippen molar-refractivity contribution in [2.45, 2.75) is 25.9 Å². The van der Waals surface area contributed by atoms with Gasteiger partial charge in [0.15, 0.2) is 0 Å². The molecule has 0 aliphatic rings. The Labute approximate surface area is 198 Å². The molecule has 0 radical (unpaired) electrons. The molecule has 0 spiro atoms. The molecule has 0 saturated heterocycles. The Hall–Kier alpha value is -2.16. The molecular weight excluding hydrogens is 507 g/mol. The molecule has 13 heteroatoms. The molecule has 9 nitrogen and oxygen atoms in total. The maximum atomic E-state index is 11.2. The Morgan fingerprint density at radius 3 is 2.21 bits per heavy atom. The molecule has 2 heterocycles. The maximum absolute atomic E-state index is 11.2. The Bertz CT molecular complexity index is 1580. The second kappa shape index (κ2) is 9.60. The highest BCUT2D eigenvalue weighted by Crippen LogP contribution is 2.27. The summed E-state index contributed by atoms with van der Waals surface area (Å²) < 4.78 is 68.7. The van der Waals surface area contributed by atoms with E-state index >= 15 is 0 Å². The van der Waals surface area contributed by atoms with E-state index in [2.05, 4.69) is 0 Å². The number of aromatic nitrogens is 2. The summed E-state index contributed by atoms with van der Waals surface area (Å²) in [5, 5.41) is 0.668. The zero-order valence-corrected chi connectivity index (χ0v) is 20.6. The number of thiazole rings is 2. The van der Waals surface area contributed by atoms with Gasteiger partial charge in [0.2, 0.25) is 0 Å². The molecule has 33 heavy (non-hydrogen) atoms. The molecule has 2 aromatic carbocycles. The number of hydrogen-bond acceptors (Lipinski definition) is 7. The minimum absolute atomic E-state index is 0.230. The van der Waals surface area contributed by atoms with Crippen molar-refractivity contribution in [3.8, 4) is 0 Å². The summed E-state index contributed by atoms with van der Waals surface area (Å²) in [5.41, 5.74) is 1.83. The van der Waals surface area contributed by atoms with Crippen LogP contribution in [0.3, 0.4) is 0 Å². The Kier molecular flexibility index (Phi) is 6.98. The van der Waals surface area contributed by atoms with Crippen LogP contribution < -0.4 is 9.37 Å². The first-order valence-electron chi connectivity index (χ1n) is 10.1. The van der Waals surface area contributed by atoms with E-state index in [-0.39, 0.29) is 24.3 Å². The third-order valence-electron chi connectivity index (χ3n) is 4.94. The molecule has 0 atom stereocenters. The molecule has 176 valence electrons. The van der Waals surface area contributed by atoms with Crippen molar-refractivity contribution < 1.29 is 30.5 Å². The van der Waals surface area contributed by atoms with E-state index in [1.807, 2.05) is 57.7 Å². The van der Waals surface area contributed by atoms with Gasteiger partial charge in [-0.2, -0.15) is 16.8 Å². The standard InChI is InChI=1S/C20H21N3O6S4/c24-32(25,26)13-5-11-22-15-7-1-3-9-17(15)30-19(22)21-20-23(12-6-14-33(27,28)29)16-8-2-4-10-18(16)31-20/h1-4,7-10H,5-6,11-14H2,(H-,24,25,26,27,28,29)/p+1. The van der Waals surface area contributed by atoms with Crippen molar-refractivity contribution in [3.05, 3.63) is 53.3 Å². The van der Waals surface area contributed by atoms with E-state index in [0.717, 1.165) is 20.4 Å². The molecule has 0 fully saturated rings. The second-order valence-corrected chi connectivity index (χ2v) is 12.6. The van der Waals surface area contributed by atoms with Crippen molar-refractivity contribution in [2.75, 3.05) is 11.5 Å². The fourth-order valence-electron chi connectivity index (χ4n) is 3.54. The van der Waals surface area contributed by atoms with Crippen LogP contribution in [-0.2, 0) is 33.3 Å². The Morgan fingerprint density at radius 1 is 0.848 bits per heavy atom. The first-order valence-corrected chi connectivity index (χ1v) is 14.9. The lowest BCUT2D eigenvalue weighted by Crippen LogP contribution is -2.34. The van der Waals surface area contributed by atoms with Gasteiger partial charge in [0.1, 0.15) is 5.52 Å². The summed E-state index contributed by atoms with van der Waals surface area (Å²) in [7, 11) is -8.12. The smallest absolute Gasteiger partial charge is 0.295 e. The molecule has 0 amide bonds. The normalized spacial score (nSPS) is 13.3. The third kappa shape index (κ3) is 6.05. The summed E-state index contributed by atoms with van der Waals surface area (Å²) in [6, 6.07) is 15.4. The number of hydrogen-bond donors (Lipinski definition) is 2. The molecule has 2 N–H and O–H groups in total. The van der Waals surface area contributed by atoms with Gasteiger partial charge < -0.3 is 0 Å². The topological polar surface area (TPSA) is 130 Å². The molecule has 0 aliphatic heterocycles. The SMILES string of the molecule is O=S(=O)(O)CCCn1/c(=N/c2sc3ccccc3[n+]2CCCS(=O)(=O)O)sc2ccccc21. The van der Waals surface area contributed by atoms with Gasteiger partial charge in [-0.1, -0.05) is 35.6 Å². The van der Waals surface area contributed by atoms with E-state index in [0.29, 0.717) is 23.0 Å². The zero-order chi connectivity index (χ0) is 23.6. The van der Waals surface area contributed by atoms with Crippen LogP contribution >= 0.6 is 22.7 Å². The predicted molar refractivity (Wildman–Crippen MR) is 129 cm³/mol. The van der Waals surface area contributed by atoms with Crippen LogP contribution in [0.25, 0.3) is 20.4 Å². The Balaban J connectivity index is 1.79. The maximum Gasteiger partial charge on any atom is 0.386 e. The summed E-state index contributed by atoms with van der Waals surface area (Å²) >= 11 is 2.93. The van der Waals surface area contributed by atoms with Crippen LogP contribution in [0.4, 0.5) is 5.13 Å². The third-order valence-corrected chi connectivity index (χ3v) is 8.66. The lowest BCUT2D eigenvalue weighted by Gasteiger charge is -2.02. The molecular formula is C20H22N3O6S4+. The van der Waals surface area contributed by atoms with Crippen LogP contribution in [0, 0.1) is 0 Å². The van der Waals surface area contributed by atoms with E-state index in [4.69, 9.17) is 14.1 Å². The summed E-state index contributed by atoms with van der Waals surface area (Å²) in [4.78, 5) is 5.55. The Morgan fingerprint density at radius 2 is 1.48 bits per heavy atom. The van der Waals surface area contributed by atoms with Gasteiger partial charge in [-0.15, -0.1) is 0 Å². The van der Waals surface area contributed by atoms with Gasteiger partial charge in [-0.25, -0.2) is 4.57 Å². The number of nitrogens with zero attached hydrogens (tertiary/aromatic N) is 3. The van der Waals surface area contributed by atoms with Crippen molar-refractivity contribution in [2.24, 2.45) is 4.99 Å². The number of aryl methyl sites for hydroxylation is 2. The van der Waals surface area contributed by atoms with Gasteiger partial charge in [-0.3, -0.25) is 13.7 Å². The lowest BCUT2D eigenvalue weighted by atomic mass is 10.3. The van der Waals surface area contributed by atoms with Crippen LogP contribution in [-0.4, -0.2) is 42.0 Å². The first kappa shape index (κ1) is 24.0. The summed E-state index contributed by atoms with van der Waals surface area (Å²) in [6.07, 6.45) is 0.459. The zero-order valence-electron chi connectivity index (χ0n) is 17.4. The first-order chi connectivity index (χ1) is 15.6. The fraction of sp³-hybridized carbons (Fsp3) is 0.300. The molecule has 0 saturated carbocycles. The quantitative estimate of drug-likeness (QED) is 0.254. The largest absolute Gasteiger partial charge is 0.386 e. The predicted octanol–water partition coefficient (Wildman–Crippen LogP) is 2.99. The highest BCUT2D eigenvalue weighted by molar-refractivity contribution is 7.86. The second-order valence-electron chi connectivity index (χ2n) is 7.40.